The Balaban J connectivity index is 1.42. The summed E-state index contributed by atoms with van der Waals surface area (Å²) < 4.78 is 11.4. The molecule has 0 aromatic carbocycles. The van der Waals surface area contributed by atoms with Crippen molar-refractivity contribution in [1.82, 2.24) is 5.32 Å². The summed E-state index contributed by atoms with van der Waals surface area (Å²) in [6.45, 7) is 3.77. The van der Waals surface area contributed by atoms with Crippen LogP contribution in [0.3, 0.4) is 0 Å². The van der Waals surface area contributed by atoms with Gasteiger partial charge in [0.05, 0.1) is 18.8 Å². The molecule has 0 radical (unpaired) electrons. The van der Waals surface area contributed by atoms with Crippen LogP contribution in [0.25, 0.3) is 0 Å². The molecule has 1 N–H and O–H groups in total. The molecule has 1 aliphatic carbocycles. The van der Waals surface area contributed by atoms with E-state index in [0.29, 0.717) is 12.2 Å². The summed E-state index contributed by atoms with van der Waals surface area (Å²) in [5.41, 5.74) is 0. The van der Waals surface area contributed by atoms with Gasteiger partial charge < -0.3 is 14.8 Å². The first-order chi connectivity index (χ1) is 7.95. The largest absolute Gasteiger partial charge is 0.377 e. The minimum Gasteiger partial charge on any atom is -0.377 e. The molecule has 3 nitrogen and oxygen atoms in total. The van der Waals surface area contributed by atoms with Crippen LogP contribution >= 0.6 is 0 Å². The molecule has 0 amide bonds. The topological polar surface area (TPSA) is 30.5 Å². The van der Waals surface area contributed by atoms with Gasteiger partial charge in [-0.3, -0.25) is 0 Å². The third kappa shape index (κ3) is 4.40. The maximum Gasteiger partial charge on any atom is 0.0699 e. The molecule has 1 saturated heterocycles. The lowest BCUT2D eigenvalue weighted by atomic mass is 10.1. The standard InChI is InChI=1S/C13H25NO2/c1-2-6-12(5-1)16-10-8-14-11-13-7-3-4-9-15-13/h12-14H,1-11H2. The summed E-state index contributed by atoms with van der Waals surface area (Å²) in [6.07, 6.45) is 10.0. The zero-order valence-corrected chi connectivity index (χ0v) is 10.2. The molecular formula is C13H25NO2. The van der Waals surface area contributed by atoms with Gasteiger partial charge >= 0.3 is 0 Å². The Hall–Kier alpha value is -0.120. The van der Waals surface area contributed by atoms with Crippen LogP contribution in [0.5, 0.6) is 0 Å². The maximum atomic E-state index is 5.79. The van der Waals surface area contributed by atoms with E-state index in [0.717, 1.165) is 26.3 Å². The highest BCUT2D eigenvalue weighted by atomic mass is 16.5. The van der Waals surface area contributed by atoms with E-state index < -0.39 is 0 Å². The number of hydrogen-bond acceptors (Lipinski definition) is 3. The van der Waals surface area contributed by atoms with E-state index in [1.165, 1.54) is 44.9 Å². The summed E-state index contributed by atoms with van der Waals surface area (Å²) in [4.78, 5) is 0. The van der Waals surface area contributed by atoms with Crippen molar-refractivity contribution < 1.29 is 9.47 Å². The molecule has 2 rings (SSSR count). The van der Waals surface area contributed by atoms with E-state index in [1.54, 1.807) is 0 Å². The first-order valence-corrected chi connectivity index (χ1v) is 6.89. The van der Waals surface area contributed by atoms with Gasteiger partial charge in [0.1, 0.15) is 0 Å². The molecular weight excluding hydrogens is 202 g/mol. The molecule has 1 aliphatic heterocycles. The van der Waals surface area contributed by atoms with Crippen LogP contribution in [0.1, 0.15) is 44.9 Å². The summed E-state index contributed by atoms with van der Waals surface area (Å²) >= 11 is 0. The van der Waals surface area contributed by atoms with E-state index in [-0.39, 0.29) is 0 Å². The number of rotatable bonds is 6. The van der Waals surface area contributed by atoms with E-state index in [2.05, 4.69) is 5.32 Å². The fourth-order valence-corrected chi connectivity index (χ4v) is 2.58. The second kappa shape index (κ2) is 7.25. The zero-order valence-electron chi connectivity index (χ0n) is 10.2. The van der Waals surface area contributed by atoms with Crippen molar-refractivity contribution in [2.24, 2.45) is 0 Å². The SMILES string of the molecule is C1CCC(CNCCOC2CCCC2)OC1. The van der Waals surface area contributed by atoms with Crippen molar-refractivity contribution in [3.8, 4) is 0 Å². The van der Waals surface area contributed by atoms with Crippen molar-refractivity contribution in [3.63, 3.8) is 0 Å². The first-order valence-electron chi connectivity index (χ1n) is 6.89. The van der Waals surface area contributed by atoms with Crippen LogP contribution < -0.4 is 5.32 Å². The Morgan fingerprint density at radius 2 is 1.88 bits per heavy atom. The van der Waals surface area contributed by atoms with Gasteiger partial charge in [0, 0.05) is 19.7 Å². The summed E-state index contributed by atoms with van der Waals surface area (Å²) in [6, 6.07) is 0. The van der Waals surface area contributed by atoms with Crippen molar-refractivity contribution in [2.75, 3.05) is 26.3 Å². The Morgan fingerprint density at radius 1 is 1.06 bits per heavy atom. The van der Waals surface area contributed by atoms with Gasteiger partial charge in [-0.05, 0) is 32.1 Å². The Bertz CT molecular complexity index is 175. The lowest BCUT2D eigenvalue weighted by Crippen LogP contribution is -2.33. The average Bonchev–Trinajstić information content (AvgIpc) is 2.83. The molecule has 0 bridgehead atoms. The molecule has 1 heterocycles. The summed E-state index contributed by atoms with van der Waals surface area (Å²) in [7, 11) is 0. The molecule has 2 fully saturated rings. The minimum absolute atomic E-state index is 0.445. The lowest BCUT2D eigenvalue weighted by Gasteiger charge is -2.23. The van der Waals surface area contributed by atoms with Crippen LogP contribution in [0.15, 0.2) is 0 Å². The van der Waals surface area contributed by atoms with Crippen molar-refractivity contribution >= 4 is 0 Å². The van der Waals surface area contributed by atoms with Crippen LogP contribution in [0.4, 0.5) is 0 Å². The lowest BCUT2D eigenvalue weighted by molar-refractivity contribution is 0.0137. The van der Waals surface area contributed by atoms with Gasteiger partial charge in [-0.1, -0.05) is 12.8 Å². The van der Waals surface area contributed by atoms with Crippen molar-refractivity contribution in [1.29, 1.82) is 0 Å². The van der Waals surface area contributed by atoms with Crippen molar-refractivity contribution in [2.45, 2.75) is 57.2 Å². The Labute approximate surface area is 98.9 Å². The summed E-state index contributed by atoms with van der Waals surface area (Å²) in [5, 5.41) is 3.43. The predicted octanol–water partition coefficient (Wildman–Crippen LogP) is 2.10. The number of ether oxygens (including phenoxy) is 2. The van der Waals surface area contributed by atoms with Crippen molar-refractivity contribution in [3.05, 3.63) is 0 Å². The number of hydrogen-bond donors (Lipinski definition) is 1. The predicted molar refractivity (Wildman–Crippen MR) is 64.7 cm³/mol. The van der Waals surface area contributed by atoms with Gasteiger partial charge in [0.25, 0.3) is 0 Å². The number of nitrogens with one attached hydrogen (secondary N) is 1. The zero-order chi connectivity index (χ0) is 11.1. The second-order valence-corrected chi connectivity index (χ2v) is 4.97. The maximum absolute atomic E-state index is 5.79. The third-order valence-corrected chi connectivity index (χ3v) is 3.58. The molecule has 1 unspecified atom stereocenters. The van der Waals surface area contributed by atoms with Crippen LogP contribution in [-0.4, -0.2) is 38.5 Å². The van der Waals surface area contributed by atoms with Crippen LogP contribution in [0, 0.1) is 0 Å². The van der Waals surface area contributed by atoms with Crippen LogP contribution in [0.2, 0.25) is 0 Å². The molecule has 16 heavy (non-hydrogen) atoms. The van der Waals surface area contributed by atoms with Gasteiger partial charge in [-0.15, -0.1) is 0 Å². The highest BCUT2D eigenvalue weighted by molar-refractivity contribution is 4.68. The highest BCUT2D eigenvalue weighted by Gasteiger charge is 2.15. The Kier molecular flexibility index (Phi) is 5.59. The van der Waals surface area contributed by atoms with Gasteiger partial charge in [0.2, 0.25) is 0 Å². The summed E-state index contributed by atoms with van der Waals surface area (Å²) in [5.74, 6) is 0. The average molecular weight is 227 g/mol. The van der Waals surface area contributed by atoms with Crippen LogP contribution in [-0.2, 0) is 9.47 Å². The third-order valence-electron chi connectivity index (χ3n) is 3.58. The van der Waals surface area contributed by atoms with E-state index in [9.17, 15) is 0 Å². The van der Waals surface area contributed by atoms with Gasteiger partial charge in [-0.25, -0.2) is 0 Å². The van der Waals surface area contributed by atoms with E-state index in [4.69, 9.17) is 9.47 Å². The first kappa shape index (κ1) is 12.3. The molecule has 0 aromatic heterocycles. The highest BCUT2D eigenvalue weighted by Crippen LogP contribution is 2.20. The van der Waals surface area contributed by atoms with E-state index >= 15 is 0 Å². The van der Waals surface area contributed by atoms with Gasteiger partial charge in [0.15, 0.2) is 0 Å². The quantitative estimate of drug-likeness (QED) is 0.705. The normalized spacial score (nSPS) is 27.4. The monoisotopic (exact) mass is 227 g/mol. The molecule has 1 saturated carbocycles. The fourth-order valence-electron chi connectivity index (χ4n) is 2.58. The van der Waals surface area contributed by atoms with Gasteiger partial charge in [-0.2, -0.15) is 0 Å². The molecule has 0 spiro atoms. The molecule has 0 aromatic rings. The smallest absolute Gasteiger partial charge is 0.0699 e. The second-order valence-electron chi connectivity index (χ2n) is 4.97. The minimum atomic E-state index is 0.445. The fraction of sp³-hybridized carbons (Fsp3) is 1.00. The molecule has 2 aliphatic rings. The molecule has 1 atom stereocenters. The molecule has 94 valence electrons. The Morgan fingerprint density at radius 3 is 2.62 bits per heavy atom. The molecule has 3 heteroatoms. The van der Waals surface area contributed by atoms with E-state index in [1.807, 2.05) is 0 Å².